The van der Waals surface area contributed by atoms with Gasteiger partial charge >= 0.3 is 0 Å². The molecule has 0 amide bonds. The second-order valence-electron chi connectivity index (χ2n) is 3.33. The van der Waals surface area contributed by atoms with Crippen LogP contribution in [0.15, 0.2) is 29.8 Å². The Morgan fingerprint density at radius 1 is 1.11 bits per heavy atom. The van der Waals surface area contributed by atoms with E-state index in [9.17, 15) is 0 Å². The van der Waals surface area contributed by atoms with E-state index in [1.165, 1.54) is 24.1 Å². The first-order chi connectivity index (χ1) is 9.26. The van der Waals surface area contributed by atoms with Crippen molar-refractivity contribution in [2.45, 2.75) is 0 Å². The van der Waals surface area contributed by atoms with Gasteiger partial charge in [0.25, 0.3) is 0 Å². The quantitative estimate of drug-likeness (QED) is 0.596. The third-order valence-corrected chi connectivity index (χ3v) is 2.74. The fraction of sp³-hybridized carbons (Fsp3) is 0.385. The second-order valence-corrected chi connectivity index (χ2v) is 4.47. The first-order valence-electron chi connectivity index (χ1n) is 5.57. The molecule has 0 spiro atoms. The van der Waals surface area contributed by atoms with Gasteiger partial charge in [-0.25, -0.2) is 0 Å². The fourth-order valence-corrected chi connectivity index (χ4v) is 1.76. The Kier molecular flexibility index (Phi) is 11.9. The first kappa shape index (κ1) is 18.3. The van der Waals surface area contributed by atoms with Crippen molar-refractivity contribution in [3.63, 3.8) is 0 Å². The Morgan fingerprint density at radius 3 is 2.00 bits per heavy atom. The molecule has 0 radical (unpaired) electrons. The number of rotatable bonds is 7. The summed E-state index contributed by atoms with van der Waals surface area (Å²) in [6.07, 6.45) is 5.86. The van der Waals surface area contributed by atoms with E-state index in [1.54, 1.807) is 0 Å². The Balaban J connectivity index is 0.00000154. The minimum Gasteiger partial charge on any atom is -0.400 e. The maximum absolute atomic E-state index is 7.00. The van der Waals surface area contributed by atoms with Gasteiger partial charge in [0.15, 0.2) is 0 Å². The van der Waals surface area contributed by atoms with Gasteiger partial charge in [0.05, 0.1) is 13.2 Å². The van der Waals surface area contributed by atoms with E-state index in [0.29, 0.717) is 13.2 Å². The molecule has 0 saturated heterocycles. The summed E-state index contributed by atoms with van der Waals surface area (Å²) >= 11 is 2.71. The first-order valence-corrected chi connectivity index (χ1v) is 7.87. The van der Waals surface area contributed by atoms with Crippen molar-refractivity contribution in [2.24, 2.45) is 0 Å². The van der Waals surface area contributed by atoms with E-state index in [-0.39, 0.29) is 0 Å². The summed E-state index contributed by atoms with van der Waals surface area (Å²) in [6, 6.07) is 7.73. The predicted octanol–water partition coefficient (Wildman–Crippen LogP) is 2.85. The van der Waals surface area contributed by atoms with Crippen LogP contribution < -0.4 is 5.73 Å². The lowest BCUT2D eigenvalue weighted by Crippen LogP contribution is -1.99. The van der Waals surface area contributed by atoms with E-state index >= 15 is 0 Å². The number of aliphatic hydroxyl groups is 1. The van der Waals surface area contributed by atoms with Crippen LogP contribution in [0.3, 0.4) is 0 Å². The number of nitrogens with two attached hydrogens (primary N) is 1. The van der Waals surface area contributed by atoms with E-state index in [0.717, 1.165) is 23.9 Å². The van der Waals surface area contributed by atoms with Gasteiger partial charge in [-0.05, 0) is 47.4 Å². The van der Waals surface area contributed by atoms with Gasteiger partial charge in [-0.1, -0.05) is 18.2 Å². The van der Waals surface area contributed by atoms with Crippen LogP contribution in [0.25, 0.3) is 6.08 Å². The number of hydrogen-bond acceptors (Lipinski definition) is 6. The summed E-state index contributed by atoms with van der Waals surface area (Å²) in [5, 5.41) is 7.00. The van der Waals surface area contributed by atoms with Crippen LogP contribution in [0, 0.1) is 0 Å². The zero-order valence-corrected chi connectivity index (χ0v) is 13.1. The third-order valence-electron chi connectivity index (χ3n) is 2.03. The van der Waals surface area contributed by atoms with Crippen molar-refractivity contribution in [1.82, 2.24) is 0 Å². The summed E-state index contributed by atoms with van der Waals surface area (Å²) in [4.78, 5) is 0. The Labute approximate surface area is 123 Å². The Hall–Kier alpha value is -0.660. The molecular weight excluding hydrogens is 282 g/mol. The van der Waals surface area contributed by atoms with Crippen molar-refractivity contribution < 1.29 is 13.5 Å². The van der Waals surface area contributed by atoms with Gasteiger partial charge in [-0.3, -0.25) is 0 Å². The molecule has 4 nitrogen and oxygen atoms in total. The normalized spacial score (nSPS) is 9.47. The largest absolute Gasteiger partial charge is 0.400 e. The standard InChI is InChI=1S/C12H17NO2S2.CH4O/c1-16-14-8-11(9-15-17-2)7-10-3-5-12(13)6-4-10;1-2/h3-7H,8-9,13H2,1-2H3;2H,1H3. The average molecular weight is 303 g/mol. The lowest BCUT2D eigenvalue weighted by atomic mass is 10.1. The molecule has 0 atom stereocenters. The van der Waals surface area contributed by atoms with Crippen LogP contribution in [0.1, 0.15) is 5.56 Å². The van der Waals surface area contributed by atoms with Crippen LogP contribution in [0.5, 0.6) is 0 Å². The fourth-order valence-electron chi connectivity index (χ4n) is 1.22. The highest BCUT2D eigenvalue weighted by atomic mass is 32.2. The lowest BCUT2D eigenvalue weighted by Gasteiger charge is -2.06. The van der Waals surface area contributed by atoms with E-state index in [1.807, 2.05) is 36.8 Å². The number of hydrogen-bond donors (Lipinski definition) is 2. The molecule has 108 valence electrons. The minimum atomic E-state index is 0.562. The zero-order chi connectivity index (χ0) is 14.5. The van der Waals surface area contributed by atoms with Crippen LogP contribution in [-0.2, 0) is 8.37 Å². The molecule has 0 fully saturated rings. The number of anilines is 1. The van der Waals surface area contributed by atoms with Gasteiger partial charge in [0.1, 0.15) is 0 Å². The monoisotopic (exact) mass is 303 g/mol. The van der Waals surface area contributed by atoms with Crippen molar-refractivity contribution in [3.05, 3.63) is 35.4 Å². The topological polar surface area (TPSA) is 64.7 Å². The minimum absolute atomic E-state index is 0.562. The highest BCUT2D eigenvalue weighted by Crippen LogP contribution is 2.13. The second kappa shape index (κ2) is 12.4. The maximum Gasteiger partial charge on any atom is 0.0850 e. The molecule has 19 heavy (non-hydrogen) atoms. The molecule has 1 rings (SSSR count). The van der Waals surface area contributed by atoms with Crippen molar-refractivity contribution in [3.8, 4) is 0 Å². The average Bonchev–Trinajstić information content (AvgIpc) is 2.46. The maximum atomic E-state index is 7.00. The third kappa shape index (κ3) is 8.96. The molecule has 1 aromatic carbocycles. The SMILES string of the molecule is CO.CSOCC(=Cc1ccc(N)cc1)COSC. The van der Waals surface area contributed by atoms with Gasteiger partial charge < -0.3 is 19.2 Å². The molecule has 0 saturated carbocycles. The summed E-state index contributed by atoms with van der Waals surface area (Å²) < 4.78 is 10.6. The molecule has 3 N–H and O–H groups in total. The van der Waals surface area contributed by atoms with Gasteiger partial charge in [-0.15, -0.1) is 0 Å². The van der Waals surface area contributed by atoms with Crippen molar-refractivity contribution >= 4 is 35.8 Å². The van der Waals surface area contributed by atoms with Gasteiger partial charge in [-0.2, -0.15) is 0 Å². The number of aliphatic hydroxyl groups excluding tert-OH is 1. The van der Waals surface area contributed by atoms with Crippen LogP contribution in [-0.4, -0.2) is 37.9 Å². The molecule has 1 aromatic rings. The zero-order valence-electron chi connectivity index (χ0n) is 11.5. The summed E-state index contributed by atoms with van der Waals surface area (Å²) in [6.45, 7) is 1.12. The molecule has 0 aromatic heterocycles. The highest BCUT2D eigenvalue weighted by molar-refractivity contribution is 7.94. The summed E-state index contributed by atoms with van der Waals surface area (Å²) in [5.41, 5.74) is 8.61. The lowest BCUT2D eigenvalue weighted by molar-refractivity contribution is 0.361. The number of nitrogen functional groups attached to an aromatic ring is 1. The van der Waals surface area contributed by atoms with E-state index in [4.69, 9.17) is 19.2 Å². The molecule has 0 unspecified atom stereocenters. The van der Waals surface area contributed by atoms with Gasteiger partial charge in [0, 0.05) is 25.3 Å². The highest BCUT2D eigenvalue weighted by Gasteiger charge is 1.99. The number of benzene rings is 1. The Morgan fingerprint density at radius 2 is 1.58 bits per heavy atom. The van der Waals surface area contributed by atoms with Crippen LogP contribution in [0.4, 0.5) is 5.69 Å². The summed E-state index contributed by atoms with van der Waals surface area (Å²) in [5.74, 6) is 0. The molecule has 0 bridgehead atoms. The van der Waals surface area contributed by atoms with Crippen LogP contribution >= 0.6 is 24.1 Å². The molecular formula is C13H21NO3S2. The van der Waals surface area contributed by atoms with Crippen molar-refractivity contribution in [2.75, 3.05) is 38.6 Å². The van der Waals surface area contributed by atoms with Crippen LogP contribution in [0.2, 0.25) is 0 Å². The predicted molar refractivity (Wildman–Crippen MR) is 85.9 cm³/mol. The van der Waals surface area contributed by atoms with E-state index in [2.05, 4.69) is 6.08 Å². The molecule has 0 heterocycles. The molecule has 0 aliphatic carbocycles. The molecule has 0 aliphatic rings. The summed E-state index contributed by atoms with van der Waals surface area (Å²) in [7, 11) is 1.00. The van der Waals surface area contributed by atoms with Crippen molar-refractivity contribution in [1.29, 1.82) is 0 Å². The molecule has 0 aliphatic heterocycles. The smallest absolute Gasteiger partial charge is 0.0850 e. The van der Waals surface area contributed by atoms with Gasteiger partial charge in [0.2, 0.25) is 0 Å². The Bertz CT molecular complexity index is 345. The molecule has 6 heteroatoms. The van der Waals surface area contributed by atoms with E-state index < -0.39 is 0 Å².